The monoisotopic (exact) mass is 518 g/mol. The first-order chi connectivity index (χ1) is 19.1. The number of hydrogen-bond acceptors (Lipinski definition) is 2. The summed E-state index contributed by atoms with van der Waals surface area (Å²) < 4.78 is 0. The number of para-hydroxylation sites is 1. The van der Waals surface area contributed by atoms with Crippen LogP contribution in [0.4, 0.5) is 22.7 Å². The van der Waals surface area contributed by atoms with Crippen LogP contribution in [0, 0.1) is 0 Å². The average Bonchev–Trinajstić information content (AvgIpc) is 3.20. The van der Waals surface area contributed by atoms with E-state index < -0.39 is 8.07 Å². The molecule has 0 atom stereocenters. The molecule has 0 fully saturated rings. The summed E-state index contributed by atoms with van der Waals surface area (Å²) in [5, 5.41) is 12.9. The summed E-state index contributed by atoms with van der Waals surface area (Å²) in [5.41, 5.74) is 9.55. The Morgan fingerprint density at radius 1 is 0.462 bits per heavy atom. The number of fused-ring (bicyclic) bond motifs is 4. The predicted octanol–water partition coefficient (Wildman–Crippen LogP) is 8.80. The zero-order chi connectivity index (χ0) is 26.4. The third kappa shape index (κ3) is 4.21. The van der Waals surface area contributed by atoms with Crippen LogP contribution in [0.25, 0.3) is 33.0 Å². The van der Waals surface area contributed by atoms with E-state index in [1.165, 1.54) is 43.4 Å². The van der Waals surface area contributed by atoms with Crippen molar-refractivity contribution in [2.75, 3.05) is 10.6 Å². The second kappa shape index (κ2) is 9.30. The zero-order valence-corrected chi connectivity index (χ0v) is 23.2. The summed E-state index contributed by atoms with van der Waals surface area (Å²) in [6, 6.07) is 48.1. The van der Waals surface area contributed by atoms with Crippen molar-refractivity contribution in [1.82, 2.24) is 0 Å². The minimum Gasteiger partial charge on any atom is -0.355 e. The molecule has 0 aromatic heterocycles. The molecule has 0 unspecified atom stereocenters. The van der Waals surface area contributed by atoms with E-state index in [1.807, 2.05) is 6.07 Å². The summed E-state index contributed by atoms with van der Waals surface area (Å²) in [4.78, 5) is 0. The van der Waals surface area contributed by atoms with Gasteiger partial charge in [-0.05, 0) is 74.4 Å². The Kier molecular flexibility index (Phi) is 5.61. The Labute approximate surface area is 231 Å². The Morgan fingerprint density at radius 2 is 1.15 bits per heavy atom. The van der Waals surface area contributed by atoms with E-state index in [2.05, 4.69) is 151 Å². The lowest BCUT2D eigenvalue weighted by atomic mass is 9.99. The molecule has 1 aliphatic rings. The van der Waals surface area contributed by atoms with Crippen LogP contribution >= 0.6 is 0 Å². The Morgan fingerprint density at radius 3 is 2.03 bits per heavy atom. The van der Waals surface area contributed by atoms with E-state index in [0.29, 0.717) is 0 Å². The van der Waals surface area contributed by atoms with Crippen molar-refractivity contribution >= 4 is 52.0 Å². The summed E-state index contributed by atoms with van der Waals surface area (Å²) in [5.74, 6) is 0. The maximum Gasteiger partial charge on any atom is 0.113 e. The summed E-state index contributed by atoms with van der Waals surface area (Å²) in [7, 11) is -1.76. The lowest BCUT2D eigenvalue weighted by Gasteiger charge is -2.20. The molecule has 39 heavy (non-hydrogen) atoms. The molecule has 0 radical (unpaired) electrons. The SMILES string of the molecule is C[Si]1(C)c2ccccc2-c2ccc(-c3cc(Nc4ccccc4)cc(Nc4cccc5ccccc45)c3)cc21. The van der Waals surface area contributed by atoms with Crippen molar-refractivity contribution < 1.29 is 0 Å². The second-order valence-electron chi connectivity index (χ2n) is 10.9. The highest BCUT2D eigenvalue weighted by Crippen LogP contribution is 2.35. The van der Waals surface area contributed by atoms with Crippen LogP contribution in [0.5, 0.6) is 0 Å². The van der Waals surface area contributed by atoms with Gasteiger partial charge in [0.15, 0.2) is 0 Å². The van der Waals surface area contributed by atoms with Gasteiger partial charge in [-0.25, -0.2) is 0 Å². The van der Waals surface area contributed by atoms with Crippen LogP contribution < -0.4 is 21.0 Å². The molecule has 2 N–H and O–H groups in total. The summed E-state index contributed by atoms with van der Waals surface area (Å²) in [6.45, 7) is 4.95. The van der Waals surface area contributed by atoms with Gasteiger partial charge in [0.05, 0.1) is 0 Å². The first kappa shape index (κ1) is 23.5. The molecule has 7 rings (SSSR count). The third-order valence-corrected chi connectivity index (χ3v) is 11.5. The molecule has 6 aromatic carbocycles. The third-order valence-electron chi connectivity index (χ3n) is 7.98. The van der Waals surface area contributed by atoms with Crippen molar-refractivity contribution in [3.63, 3.8) is 0 Å². The van der Waals surface area contributed by atoms with Crippen molar-refractivity contribution in [2.45, 2.75) is 13.1 Å². The topological polar surface area (TPSA) is 24.1 Å². The van der Waals surface area contributed by atoms with Gasteiger partial charge in [0.1, 0.15) is 8.07 Å². The van der Waals surface area contributed by atoms with E-state index in [9.17, 15) is 0 Å². The number of benzene rings is 6. The number of rotatable bonds is 5. The van der Waals surface area contributed by atoms with Crippen LogP contribution in [0.1, 0.15) is 0 Å². The van der Waals surface area contributed by atoms with Gasteiger partial charge in [-0.2, -0.15) is 0 Å². The van der Waals surface area contributed by atoms with Gasteiger partial charge in [0.25, 0.3) is 0 Å². The maximum atomic E-state index is 3.73. The smallest absolute Gasteiger partial charge is 0.113 e. The number of hydrogen-bond donors (Lipinski definition) is 2. The van der Waals surface area contributed by atoms with Crippen LogP contribution in [-0.2, 0) is 0 Å². The molecule has 3 heteroatoms. The van der Waals surface area contributed by atoms with Crippen LogP contribution in [0.15, 0.2) is 133 Å². The van der Waals surface area contributed by atoms with E-state index in [4.69, 9.17) is 0 Å². The Bertz CT molecular complexity index is 1830. The fourth-order valence-corrected chi connectivity index (χ4v) is 9.10. The average molecular weight is 519 g/mol. The van der Waals surface area contributed by atoms with Gasteiger partial charge >= 0.3 is 0 Å². The highest BCUT2D eigenvalue weighted by Gasteiger charge is 2.37. The van der Waals surface area contributed by atoms with E-state index in [-0.39, 0.29) is 0 Å². The molecular formula is C36H30N2Si. The molecule has 0 amide bonds. The molecule has 0 spiro atoms. The predicted molar refractivity (Wildman–Crippen MR) is 171 cm³/mol. The van der Waals surface area contributed by atoms with Crippen LogP contribution in [-0.4, -0.2) is 8.07 Å². The molecule has 1 aliphatic heterocycles. The van der Waals surface area contributed by atoms with Gasteiger partial charge in [-0.15, -0.1) is 0 Å². The highest BCUT2D eigenvalue weighted by atomic mass is 28.3. The van der Waals surface area contributed by atoms with E-state index in [1.54, 1.807) is 0 Å². The molecule has 188 valence electrons. The Balaban J connectivity index is 1.34. The van der Waals surface area contributed by atoms with Crippen molar-refractivity contribution in [1.29, 1.82) is 0 Å². The minimum absolute atomic E-state index is 1.06. The molecule has 2 nitrogen and oxygen atoms in total. The van der Waals surface area contributed by atoms with Crippen LogP contribution in [0.3, 0.4) is 0 Å². The minimum atomic E-state index is -1.76. The number of nitrogens with one attached hydrogen (secondary N) is 2. The van der Waals surface area contributed by atoms with E-state index in [0.717, 1.165) is 22.7 Å². The van der Waals surface area contributed by atoms with Gasteiger partial charge in [-0.3, -0.25) is 0 Å². The van der Waals surface area contributed by atoms with Crippen molar-refractivity contribution in [3.8, 4) is 22.3 Å². The number of anilines is 4. The normalized spacial score (nSPS) is 13.1. The van der Waals surface area contributed by atoms with Crippen molar-refractivity contribution in [3.05, 3.63) is 133 Å². The summed E-state index contributed by atoms with van der Waals surface area (Å²) in [6.07, 6.45) is 0. The highest BCUT2D eigenvalue weighted by molar-refractivity contribution is 7.03. The summed E-state index contributed by atoms with van der Waals surface area (Å²) >= 11 is 0. The molecular weight excluding hydrogens is 488 g/mol. The van der Waals surface area contributed by atoms with Gasteiger partial charge in [-0.1, -0.05) is 110 Å². The quantitative estimate of drug-likeness (QED) is 0.223. The molecule has 0 aliphatic carbocycles. The van der Waals surface area contributed by atoms with E-state index >= 15 is 0 Å². The van der Waals surface area contributed by atoms with Crippen molar-refractivity contribution in [2.24, 2.45) is 0 Å². The van der Waals surface area contributed by atoms with Gasteiger partial charge in [0.2, 0.25) is 0 Å². The lowest BCUT2D eigenvalue weighted by Crippen LogP contribution is -2.49. The standard InChI is InChI=1S/C36H30N2Si/c1-39(2)35-18-9-8-16-32(35)33-20-19-26(23-36(33)39)27-21-29(37-28-13-4-3-5-14-28)24-30(22-27)38-34-17-10-12-25-11-6-7-15-31(25)34/h3-24,37-38H,1-2H3. The largest absolute Gasteiger partial charge is 0.355 e. The zero-order valence-electron chi connectivity index (χ0n) is 22.2. The second-order valence-corrected chi connectivity index (χ2v) is 15.2. The first-order valence-corrected chi connectivity index (χ1v) is 16.5. The fourth-order valence-electron chi connectivity index (χ4n) is 6.00. The lowest BCUT2D eigenvalue weighted by molar-refractivity contribution is 1.51. The molecule has 0 saturated carbocycles. The molecule has 1 heterocycles. The molecule has 0 bridgehead atoms. The maximum absolute atomic E-state index is 3.73. The Hall–Kier alpha value is -4.60. The fraction of sp³-hybridized carbons (Fsp3) is 0.0556. The molecule has 6 aromatic rings. The first-order valence-electron chi connectivity index (χ1n) is 13.5. The van der Waals surface area contributed by atoms with Gasteiger partial charge in [0, 0.05) is 28.1 Å². The van der Waals surface area contributed by atoms with Crippen LogP contribution in [0.2, 0.25) is 13.1 Å². The molecule has 0 saturated heterocycles. The van der Waals surface area contributed by atoms with Gasteiger partial charge < -0.3 is 10.6 Å².